The topological polar surface area (TPSA) is 65.1 Å². The summed E-state index contributed by atoms with van der Waals surface area (Å²) in [6, 6.07) is 5.61. The molecule has 2 fully saturated rings. The summed E-state index contributed by atoms with van der Waals surface area (Å²) in [6.07, 6.45) is -1.25. The van der Waals surface area contributed by atoms with E-state index in [1.165, 1.54) is 23.3 Å². The molecule has 1 aromatic carbocycles. The van der Waals surface area contributed by atoms with Gasteiger partial charge in [0.05, 0.1) is 6.54 Å². The molecule has 2 aliphatic rings. The number of hydrogen-bond donors (Lipinski definition) is 0. The molecule has 3 rings (SSSR count). The van der Waals surface area contributed by atoms with Crippen LogP contribution in [0.2, 0.25) is 0 Å². The van der Waals surface area contributed by atoms with Gasteiger partial charge < -0.3 is 14.3 Å². The van der Waals surface area contributed by atoms with Gasteiger partial charge in [0, 0.05) is 6.07 Å². The molecule has 6 nitrogen and oxygen atoms in total. The zero-order valence-corrected chi connectivity index (χ0v) is 9.04. The van der Waals surface area contributed by atoms with Gasteiger partial charge in [-0.1, -0.05) is 11.1 Å². The first-order valence-electron chi connectivity index (χ1n) is 5.25. The van der Waals surface area contributed by atoms with Crippen LogP contribution < -0.4 is 4.74 Å². The first-order chi connectivity index (χ1) is 8.63. The molecule has 0 radical (unpaired) electrons. The van der Waals surface area contributed by atoms with Crippen molar-refractivity contribution in [3.05, 3.63) is 30.1 Å². The van der Waals surface area contributed by atoms with E-state index in [-0.39, 0.29) is 6.54 Å². The van der Waals surface area contributed by atoms with Gasteiger partial charge in [-0.25, -0.2) is 14.0 Å². The van der Waals surface area contributed by atoms with Crippen molar-refractivity contribution in [1.29, 1.82) is 0 Å². The van der Waals surface area contributed by atoms with Crippen molar-refractivity contribution in [3.63, 3.8) is 0 Å². The van der Waals surface area contributed by atoms with E-state index < -0.39 is 30.1 Å². The van der Waals surface area contributed by atoms with E-state index in [1.54, 1.807) is 6.07 Å². The Kier molecular flexibility index (Phi) is 2.41. The van der Waals surface area contributed by atoms with Crippen LogP contribution in [0.3, 0.4) is 0 Å². The zero-order chi connectivity index (χ0) is 12.7. The van der Waals surface area contributed by atoms with Gasteiger partial charge in [-0.15, -0.1) is 0 Å². The predicted octanol–water partition coefficient (Wildman–Crippen LogP) is 0.230. The monoisotopic (exact) mass is 253 g/mol. The Labute approximate surface area is 101 Å². The van der Waals surface area contributed by atoms with E-state index in [0.29, 0.717) is 5.75 Å². The summed E-state index contributed by atoms with van der Waals surface area (Å²) in [7, 11) is 0. The third-order valence-electron chi connectivity index (χ3n) is 2.64. The van der Waals surface area contributed by atoms with E-state index in [9.17, 15) is 14.0 Å². The highest BCUT2D eigenvalue weighted by Gasteiger charge is 2.52. The van der Waals surface area contributed by atoms with E-state index in [1.807, 2.05) is 0 Å². The number of halogens is 1. The fourth-order valence-corrected chi connectivity index (χ4v) is 1.75. The molecule has 1 aromatic rings. The average molecular weight is 253 g/mol. The number of fused-ring (bicyclic) bond motifs is 1. The molecule has 18 heavy (non-hydrogen) atoms. The fraction of sp³-hybridized carbons (Fsp3) is 0.273. The maximum absolute atomic E-state index is 12.9. The van der Waals surface area contributed by atoms with Crippen LogP contribution in [-0.2, 0) is 19.2 Å². The Morgan fingerprint density at radius 2 is 2.17 bits per heavy atom. The fourth-order valence-electron chi connectivity index (χ4n) is 1.75. The maximum Gasteiger partial charge on any atom is 0.436 e. The highest BCUT2D eigenvalue weighted by atomic mass is 19.1. The number of benzene rings is 1. The van der Waals surface area contributed by atoms with Crippen LogP contribution >= 0.6 is 0 Å². The predicted molar refractivity (Wildman–Crippen MR) is 53.5 cm³/mol. The number of esters is 1. The molecule has 2 aliphatic heterocycles. The van der Waals surface area contributed by atoms with Crippen LogP contribution in [0.1, 0.15) is 0 Å². The van der Waals surface area contributed by atoms with Gasteiger partial charge in [-0.3, -0.25) is 0 Å². The van der Waals surface area contributed by atoms with Crippen molar-refractivity contribution in [2.24, 2.45) is 0 Å². The second-order valence-electron chi connectivity index (χ2n) is 3.89. The Hall–Kier alpha value is -2.15. The summed E-state index contributed by atoms with van der Waals surface area (Å²) >= 11 is 0. The first-order valence-corrected chi connectivity index (χ1v) is 5.25. The molecule has 0 bridgehead atoms. The Bertz CT molecular complexity index is 520. The normalized spacial score (nSPS) is 26.7. The highest BCUT2D eigenvalue weighted by molar-refractivity contribution is 6.30. The van der Waals surface area contributed by atoms with Gasteiger partial charge in [-0.05, 0) is 12.1 Å². The molecule has 2 atom stereocenters. The summed E-state index contributed by atoms with van der Waals surface area (Å²) in [5.41, 5.74) is 0. The molecule has 2 heterocycles. The minimum atomic E-state index is -1.05. The Morgan fingerprint density at radius 1 is 1.33 bits per heavy atom. The number of hydrogen-bond acceptors (Lipinski definition) is 6. The second kappa shape index (κ2) is 3.95. The third kappa shape index (κ3) is 1.78. The van der Waals surface area contributed by atoms with Crippen molar-refractivity contribution in [2.45, 2.75) is 12.3 Å². The van der Waals surface area contributed by atoms with Gasteiger partial charge >= 0.3 is 11.9 Å². The van der Waals surface area contributed by atoms with Crippen LogP contribution in [0.15, 0.2) is 24.3 Å². The quantitative estimate of drug-likeness (QED) is 0.555. The summed E-state index contributed by atoms with van der Waals surface area (Å²) in [6.45, 7) is 0.264. The van der Waals surface area contributed by atoms with Crippen LogP contribution in [0.25, 0.3) is 0 Å². The van der Waals surface area contributed by atoms with E-state index >= 15 is 0 Å². The van der Waals surface area contributed by atoms with Gasteiger partial charge in [0.1, 0.15) is 11.6 Å². The standard InChI is InChI=1S/C11H8FNO5/c12-6-2-1-3-7(4-6)16-8-5-13-9(8)17-10(14)11(15)18-13/h1-4,8-9H,5H2. The van der Waals surface area contributed by atoms with Crippen molar-refractivity contribution < 1.29 is 28.3 Å². The summed E-state index contributed by atoms with van der Waals surface area (Å²) in [4.78, 5) is 26.5. The molecule has 2 saturated heterocycles. The minimum Gasteiger partial charge on any atom is -0.483 e. The maximum atomic E-state index is 12.9. The van der Waals surface area contributed by atoms with E-state index in [2.05, 4.69) is 4.84 Å². The lowest BCUT2D eigenvalue weighted by Crippen LogP contribution is -2.67. The van der Waals surface area contributed by atoms with Crippen LogP contribution in [0.5, 0.6) is 5.75 Å². The zero-order valence-electron chi connectivity index (χ0n) is 9.04. The van der Waals surface area contributed by atoms with Crippen molar-refractivity contribution in [3.8, 4) is 5.75 Å². The van der Waals surface area contributed by atoms with Crippen LogP contribution in [-0.4, -0.2) is 35.9 Å². The summed E-state index contributed by atoms with van der Waals surface area (Å²) in [5.74, 6) is -2.19. The molecule has 0 amide bonds. The lowest BCUT2D eigenvalue weighted by Gasteiger charge is -2.45. The number of carbonyl (C=O) groups is 2. The lowest BCUT2D eigenvalue weighted by atomic mass is 10.1. The highest BCUT2D eigenvalue weighted by Crippen LogP contribution is 2.28. The summed E-state index contributed by atoms with van der Waals surface area (Å²) < 4.78 is 23.2. The van der Waals surface area contributed by atoms with Crippen LogP contribution in [0.4, 0.5) is 4.39 Å². The van der Waals surface area contributed by atoms with E-state index in [0.717, 1.165) is 0 Å². The smallest absolute Gasteiger partial charge is 0.436 e. The first kappa shape index (κ1) is 11.0. The molecule has 0 spiro atoms. The molecule has 7 heteroatoms. The third-order valence-corrected chi connectivity index (χ3v) is 2.64. The van der Waals surface area contributed by atoms with Gasteiger partial charge in [0.25, 0.3) is 0 Å². The molecule has 0 N–H and O–H groups in total. The molecular formula is C11H8FNO5. The number of hydroxylamine groups is 2. The Balaban J connectivity index is 1.66. The van der Waals surface area contributed by atoms with Gasteiger partial charge in [0.15, 0.2) is 6.10 Å². The van der Waals surface area contributed by atoms with Gasteiger partial charge in [0.2, 0.25) is 6.23 Å². The molecule has 0 aromatic heterocycles. The van der Waals surface area contributed by atoms with Crippen molar-refractivity contribution in [1.82, 2.24) is 5.06 Å². The van der Waals surface area contributed by atoms with Crippen molar-refractivity contribution in [2.75, 3.05) is 6.54 Å². The molecular weight excluding hydrogens is 245 g/mol. The van der Waals surface area contributed by atoms with Gasteiger partial charge in [-0.2, -0.15) is 0 Å². The lowest BCUT2D eigenvalue weighted by molar-refractivity contribution is -0.329. The van der Waals surface area contributed by atoms with Crippen LogP contribution in [0, 0.1) is 5.82 Å². The Morgan fingerprint density at radius 3 is 2.94 bits per heavy atom. The minimum absolute atomic E-state index is 0.264. The molecule has 0 aliphatic carbocycles. The molecule has 2 unspecified atom stereocenters. The SMILES string of the molecule is O=C1OC2C(Oc3cccc(F)c3)CN2OC1=O. The molecule has 94 valence electrons. The largest absolute Gasteiger partial charge is 0.483 e. The average Bonchev–Trinajstić information content (AvgIpc) is 2.32. The summed E-state index contributed by atoms with van der Waals surface area (Å²) in [5, 5.41) is 1.20. The number of ether oxygens (including phenoxy) is 2. The molecule has 0 saturated carbocycles. The number of rotatable bonds is 2. The van der Waals surface area contributed by atoms with E-state index in [4.69, 9.17) is 9.47 Å². The second-order valence-corrected chi connectivity index (χ2v) is 3.89. The number of nitrogens with zero attached hydrogens (tertiary/aromatic N) is 1. The van der Waals surface area contributed by atoms with Crippen molar-refractivity contribution >= 4 is 11.9 Å². The number of carbonyl (C=O) groups excluding carboxylic acids is 2.